The molecule has 1 atom stereocenters. The first-order valence-electron chi connectivity index (χ1n) is 10.1. The predicted molar refractivity (Wildman–Crippen MR) is 115 cm³/mol. The second-order valence-electron chi connectivity index (χ2n) is 7.81. The highest BCUT2D eigenvalue weighted by atomic mass is 16.2. The second-order valence-corrected chi connectivity index (χ2v) is 7.81. The summed E-state index contributed by atoms with van der Waals surface area (Å²) >= 11 is 0. The topological polar surface area (TPSA) is 81.3 Å². The second kappa shape index (κ2) is 8.11. The van der Waals surface area contributed by atoms with Crippen molar-refractivity contribution in [1.82, 2.24) is 14.9 Å². The van der Waals surface area contributed by atoms with E-state index in [1.165, 1.54) is 18.9 Å². The number of rotatable bonds is 7. The maximum absolute atomic E-state index is 12.8. The lowest BCUT2D eigenvalue weighted by Crippen LogP contribution is -2.42. The lowest BCUT2D eigenvalue weighted by atomic mass is 10.1. The zero-order valence-electron chi connectivity index (χ0n) is 16.7. The van der Waals surface area contributed by atoms with Crippen molar-refractivity contribution in [2.45, 2.75) is 25.3 Å². The predicted octanol–water partition coefficient (Wildman–Crippen LogP) is 2.48. The van der Waals surface area contributed by atoms with Gasteiger partial charge in [-0.15, -0.1) is 0 Å². The van der Waals surface area contributed by atoms with Crippen LogP contribution in [0.25, 0.3) is 11.1 Å². The summed E-state index contributed by atoms with van der Waals surface area (Å²) < 4.78 is 0. The molecule has 1 saturated heterocycles. The molecule has 0 radical (unpaired) electrons. The van der Waals surface area contributed by atoms with Crippen molar-refractivity contribution in [1.29, 1.82) is 0 Å². The van der Waals surface area contributed by atoms with Crippen LogP contribution < -0.4 is 15.8 Å². The number of hydrogen-bond donors (Lipinski definition) is 2. The summed E-state index contributed by atoms with van der Waals surface area (Å²) in [5.74, 6) is 1.36. The molecule has 7 heteroatoms. The fraction of sp³-hybridized carbons (Fsp3) is 0.409. The molecule has 1 saturated carbocycles. The summed E-state index contributed by atoms with van der Waals surface area (Å²) in [7, 11) is 1.83. The van der Waals surface area contributed by atoms with Gasteiger partial charge < -0.3 is 20.1 Å². The molecule has 4 rings (SSSR count). The minimum absolute atomic E-state index is 0.0436. The Morgan fingerprint density at radius 3 is 2.93 bits per heavy atom. The average molecular weight is 393 g/mol. The van der Waals surface area contributed by atoms with Crippen LogP contribution in [0.3, 0.4) is 0 Å². The molecular weight excluding hydrogens is 366 g/mol. The first kappa shape index (κ1) is 19.2. The molecule has 2 aromatic rings. The molecule has 2 aromatic heterocycles. The van der Waals surface area contributed by atoms with E-state index < -0.39 is 0 Å². The Balaban J connectivity index is 1.66. The number of amides is 1. The first-order chi connectivity index (χ1) is 14.1. The van der Waals surface area contributed by atoms with Crippen LogP contribution in [0.5, 0.6) is 0 Å². The van der Waals surface area contributed by atoms with Crippen molar-refractivity contribution in [2.75, 3.05) is 36.9 Å². The van der Waals surface area contributed by atoms with Gasteiger partial charge in [-0.3, -0.25) is 9.59 Å². The Bertz CT molecular complexity index is 966. The smallest absolute Gasteiger partial charge is 0.271 e. The number of H-pyrrole nitrogens is 1. The Morgan fingerprint density at radius 1 is 1.38 bits per heavy atom. The van der Waals surface area contributed by atoms with Crippen LogP contribution in [0.2, 0.25) is 0 Å². The number of carbonyl (C=O) groups excluding carboxylic acids is 1. The van der Waals surface area contributed by atoms with Crippen LogP contribution in [-0.4, -0.2) is 53.5 Å². The first-order valence-corrected chi connectivity index (χ1v) is 10.1. The molecule has 3 heterocycles. The third kappa shape index (κ3) is 4.18. The fourth-order valence-corrected chi connectivity index (χ4v) is 3.95. The van der Waals surface area contributed by atoms with E-state index in [1.807, 2.05) is 30.1 Å². The molecule has 0 aromatic carbocycles. The van der Waals surface area contributed by atoms with E-state index >= 15 is 0 Å². The number of carbonyl (C=O) groups is 1. The number of nitrogens with one attached hydrogen (secondary N) is 2. The molecule has 29 heavy (non-hydrogen) atoms. The average Bonchev–Trinajstić information content (AvgIpc) is 3.45. The largest absolute Gasteiger partial charge is 0.373 e. The lowest BCUT2D eigenvalue weighted by molar-refractivity contribution is -0.125. The SMILES string of the molecule is C=CC(=O)N1CC[C@H](N(CC2CC2)c2cc(-c3ccnc(NC)c3)c[nH]c2=O)C1. The third-order valence-electron chi connectivity index (χ3n) is 5.78. The Hall–Kier alpha value is -3.09. The van der Waals surface area contributed by atoms with Gasteiger partial charge in [-0.2, -0.15) is 0 Å². The van der Waals surface area contributed by atoms with E-state index in [2.05, 4.69) is 26.8 Å². The van der Waals surface area contributed by atoms with E-state index in [-0.39, 0.29) is 17.5 Å². The van der Waals surface area contributed by atoms with Gasteiger partial charge in [-0.05, 0) is 55.0 Å². The number of hydrogen-bond acceptors (Lipinski definition) is 5. The zero-order valence-corrected chi connectivity index (χ0v) is 16.7. The monoisotopic (exact) mass is 393 g/mol. The van der Waals surface area contributed by atoms with Gasteiger partial charge in [0.2, 0.25) is 5.91 Å². The molecule has 1 aliphatic heterocycles. The van der Waals surface area contributed by atoms with Gasteiger partial charge in [0.25, 0.3) is 5.56 Å². The van der Waals surface area contributed by atoms with Crippen LogP contribution in [0.1, 0.15) is 19.3 Å². The van der Waals surface area contributed by atoms with Crippen molar-refractivity contribution in [3.05, 3.63) is 53.6 Å². The lowest BCUT2D eigenvalue weighted by Gasteiger charge is -2.31. The zero-order chi connectivity index (χ0) is 20.4. The highest BCUT2D eigenvalue weighted by Crippen LogP contribution is 2.34. The van der Waals surface area contributed by atoms with Crippen molar-refractivity contribution in [3.8, 4) is 11.1 Å². The summed E-state index contributed by atoms with van der Waals surface area (Å²) in [6.45, 7) is 5.77. The summed E-state index contributed by atoms with van der Waals surface area (Å²) in [5, 5.41) is 3.05. The number of pyridine rings is 2. The van der Waals surface area contributed by atoms with Crippen molar-refractivity contribution in [3.63, 3.8) is 0 Å². The maximum Gasteiger partial charge on any atom is 0.271 e. The van der Waals surface area contributed by atoms with E-state index in [1.54, 1.807) is 12.4 Å². The van der Waals surface area contributed by atoms with Crippen LogP contribution in [0.4, 0.5) is 11.5 Å². The van der Waals surface area contributed by atoms with Crippen molar-refractivity contribution < 1.29 is 4.79 Å². The molecular formula is C22H27N5O2. The molecule has 152 valence electrons. The standard InChI is InChI=1S/C22H27N5O2/c1-3-21(28)26-9-7-18(14-26)27(13-15-4-5-15)19-10-17(12-25-22(19)29)16-6-8-24-20(11-16)23-2/h3,6,8,10-12,15,18H,1,4-5,7,9,13-14H2,2H3,(H,23,24)(H,25,29)/t18-/m0/s1. The highest BCUT2D eigenvalue weighted by Gasteiger charge is 2.34. The van der Waals surface area contributed by atoms with Gasteiger partial charge >= 0.3 is 0 Å². The Morgan fingerprint density at radius 2 is 2.21 bits per heavy atom. The molecule has 2 aliphatic rings. The van der Waals surface area contributed by atoms with Gasteiger partial charge in [0.1, 0.15) is 11.5 Å². The molecule has 0 unspecified atom stereocenters. The Kier molecular flexibility index (Phi) is 5.38. The van der Waals surface area contributed by atoms with Crippen molar-refractivity contribution in [2.24, 2.45) is 5.92 Å². The van der Waals surface area contributed by atoms with Crippen molar-refractivity contribution >= 4 is 17.4 Å². The van der Waals surface area contributed by atoms with Gasteiger partial charge in [-0.1, -0.05) is 6.58 Å². The van der Waals surface area contributed by atoms with Crippen LogP contribution in [0.15, 0.2) is 48.0 Å². The minimum atomic E-state index is -0.0919. The van der Waals surface area contributed by atoms with E-state index in [0.717, 1.165) is 29.9 Å². The summed E-state index contributed by atoms with van der Waals surface area (Å²) in [6.07, 6.45) is 8.12. The minimum Gasteiger partial charge on any atom is -0.373 e. The fourth-order valence-electron chi connectivity index (χ4n) is 3.95. The molecule has 0 bridgehead atoms. The number of likely N-dealkylation sites (tertiary alicyclic amines) is 1. The van der Waals surface area contributed by atoms with Gasteiger partial charge in [0.05, 0.1) is 0 Å². The number of aromatic amines is 1. The number of nitrogens with zero attached hydrogens (tertiary/aromatic N) is 3. The van der Waals surface area contributed by atoms with Gasteiger partial charge in [0.15, 0.2) is 0 Å². The molecule has 7 nitrogen and oxygen atoms in total. The normalized spacial score (nSPS) is 18.5. The van der Waals surface area contributed by atoms with Gasteiger partial charge in [-0.25, -0.2) is 4.98 Å². The van der Waals surface area contributed by atoms with Gasteiger partial charge in [0, 0.05) is 50.7 Å². The maximum atomic E-state index is 12.8. The highest BCUT2D eigenvalue weighted by molar-refractivity contribution is 5.87. The van der Waals surface area contributed by atoms with E-state index in [0.29, 0.717) is 24.7 Å². The molecule has 2 fully saturated rings. The van der Waals surface area contributed by atoms with E-state index in [4.69, 9.17) is 0 Å². The summed E-state index contributed by atoms with van der Waals surface area (Å²) in [6, 6.07) is 6.00. The molecule has 2 N–H and O–H groups in total. The quantitative estimate of drug-likeness (QED) is 0.707. The molecule has 0 spiro atoms. The Labute approximate surface area is 170 Å². The summed E-state index contributed by atoms with van der Waals surface area (Å²) in [4.78, 5) is 36.0. The third-order valence-corrected chi connectivity index (χ3v) is 5.78. The van der Waals surface area contributed by atoms with E-state index in [9.17, 15) is 9.59 Å². The van der Waals surface area contributed by atoms with Crippen LogP contribution >= 0.6 is 0 Å². The molecule has 1 amide bonds. The number of anilines is 2. The van der Waals surface area contributed by atoms with Crippen LogP contribution in [0, 0.1) is 5.92 Å². The summed E-state index contributed by atoms with van der Waals surface area (Å²) in [5.41, 5.74) is 2.51. The van der Waals surface area contributed by atoms with Crippen LogP contribution in [-0.2, 0) is 4.79 Å². The molecule has 1 aliphatic carbocycles. The number of aromatic nitrogens is 2.